The Hall–Kier alpha value is -1.24. The molecule has 3 unspecified atom stereocenters. The van der Waals surface area contributed by atoms with Crippen LogP contribution in [0.25, 0.3) is 0 Å². The van der Waals surface area contributed by atoms with Gasteiger partial charge in [-0.3, -0.25) is 14.4 Å². The number of nitrogens with one attached hydrogen (secondary N) is 1. The summed E-state index contributed by atoms with van der Waals surface area (Å²) in [5.74, 6) is -0.764. The molecule has 1 aliphatic rings. The molecule has 0 saturated carbocycles. The van der Waals surface area contributed by atoms with Crippen LogP contribution in [0, 0.1) is 11.8 Å². The molecule has 2 amide bonds. The van der Waals surface area contributed by atoms with Gasteiger partial charge in [0.2, 0.25) is 11.8 Å². The summed E-state index contributed by atoms with van der Waals surface area (Å²) in [4.78, 5) is 37.1. The molecule has 0 aromatic heterocycles. The first-order valence-electron chi connectivity index (χ1n) is 7.68. The predicted molar refractivity (Wildman–Crippen MR) is 86.7 cm³/mol. The van der Waals surface area contributed by atoms with E-state index >= 15 is 0 Å². The quantitative estimate of drug-likeness (QED) is 0.732. The highest BCUT2D eigenvalue weighted by Crippen LogP contribution is 2.23. The minimum atomic E-state index is -0.859. The fraction of sp³-hybridized carbons (Fsp3) is 0.800. The van der Waals surface area contributed by atoms with Crippen LogP contribution in [0.15, 0.2) is 0 Å². The van der Waals surface area contributed by atoms with Gasteiger partial charge < -0.3 is 15.3 Å². The minimum Gasteiger partial charge on any atom is -0.481 e. The van der Waals surface area contributed by atoms with Gasteiger partial charge in [-0.2, -0.15) is 11.8 Å². The number of piperidine rings is 1. The third-order valence-electron chi connectivity index (χ3n) is 3.89. The Morgan fingerprint density at radius 2 is 2.05 bits per heavy atom. The first kappa shape index (κ1) is 18.8. The van der Waals surface area contributed by atoms with Crippen molar-refractivity contribution in [3.05, 3.63) is 0 Å². The van der Waals surface area contributed by atoms with E-state index in [9.17, 15) is 19.5 Å². The van der Waals surface area contributed by atoms with Gasteiger partial charge in [0.25, 0.3) is 0 Å². The second-order valence-corrected chi connectivity index (χ2v) is 6.86. The number of nitrogens with zero attached hydrogens (tertiary/aromatic N) is 1. The predicted octanol–water partition coefficient (Wildman–Crippen LogP) is 1.20. The van der Waals surface area contributed by atoms with Crippen molar-refractivity contribution >= 4 is 29.5 Å². The van der Waals surface area contributed by atoms with E-state index in [1.165, 1.54) is 0 Å². The Bertz CT molecular complexity index is 416. The highest BCUT2D eigenvalue weighted by molar-refractivity contribution is 7.98. The number of hydrogen-bond donors (Lipinski definition) is 2. The Kier molecular flexibility index (Phi) is 7.72. The first-order valence-corrected chi connectivity index (χ1v) is 9.08. The van der Waals surface area contributed by atoms with E-state index in [-0.39, 0.29) is 24.3 Å². The summed E-state index contributed by atoms with van der Waals surface area (Å²) in [6, 6.07) is -0.556. The van der Waals surface area contributed by atoms with Gasteiger partial charge in [-0.25, -0.2) is 0 Å². The summed E-state index contributed by atoms with van der Waals surface area (Å²) in [6.07, 6.45) is 3.44. The van der Waals surface area contributed by atoms with Crippen molar-refractivity contribution in [2.24, 2.45) is 11.8 Å². The number of carbonyl (C=O) groups excluding carboxylic acids is 2. The molecule has 0 bridgehead atoms. The zero-order valence-corrected chi connectivity index (χ0v) is 14.3. The lowest BCUT2D eigenvalue weighted by Gasteiger charge is -2.36. The smallest absolute Gasteiger partial charge is 0.308 e. The lowest BCUT2D eigenvalue weighted by atomic mass is 9.90. The zero-order valence-electron chi connectivity index (χ0n) is 13.5. The summed E-state index contributed by atoms with van der Waals surface area (Å²) < 4.78 is 0. The van der Waals surface area contributed by atoms with E-state index in [0.29, 0.717) is 25.8 Å². The number of likely N-dealkylation sites (tertiary alicyclic amines) is 1. The van der Waals surface area contributed by atoms with Crippen LogP contribution in [0.1, 0.15) is 33.1 Å². The zero-order chi connectivity index (χ0) is 16.7. The highest BCUT2D eigenvalue weighted by atomic mass is 32.2. The SMILES string of the molecule is CCC(=O)NC(CCSC)C(=O)N1CC(C)CC(C(=O)O)C1. The van der Waals surface area contributed by atoms with Crippen molar-refractivity contribution in [1.82, 2.24) is 10.2 Å². The lowest BCUT2D eigenvalue weighted by Crippen LogP contribution is -2.53. The fourth-order valence-electron chi connectivity index (χ4n) is 2.72. The minimum absolute atomic E-state index is 0.153. The molecule has 7 heteroatoms. The van der Waals surface area contributed by atoms with Crippen LogP contribution in [0.4, 0.5) is 0 Å². The van der Waals surface area contributed by atoms with Crippen LogP contribution in [-0.2, 0) is 14.4 Å². The van der Waals surface area contributed by atoms with E-state index in [2.05, 4.69) is 5.32 Å². The number of thioether (sulfide) groups is 1. The highest BCUT2D eigenvalue weighted by Gasteiger charge is 2.34. The maximum Gasteiger partial charge on any atom is 0.308 e. The summed E-state index contributed by atoms with van der Waals surface area (Å²) in [5, 5.41) is 12.0. The molecule has 1 rings (SSSR count). The molecule has 6 nitrogen and oxygen atoms in total. The third-order valence-corrected chi connectivity index (χ3v) is 4.53. The number of hydrogen-bond acceptors (Lipinski definition) is 4. The number of rotatable bonds is 7. The van der Waals surface area contributed by atoms with E-state index in [1.807, 2.05) is 13.2 Å². The van der Waals surface area contributed by atoms with Crippen LogP contribution in [-0.4, -0.2) is 58.9 Å². The number of amides is 2. The molecule has 0 spiro atoms. The maximum atomic E-state index is 12.7. The van der Waals surface area contributed by atoms with Crippen molar-refractivity contribution in [2.45, 2.75) is 39.2 Å². The van der Waals surface area contributed by atoms with Crippen LogP contribution >= 0.6 is 11.8 Å². The fourth-order valence-corrected chi connectivity index (χ4v) is 3.19. The van der Waals surface area contributed by atoms with E-state index in [0.717, 1.165) is 5.75 Å². The maximum absolute atomic E-state index is 12.7. The summed E-state index contributed by atoms with van der Waals surface area (Å²) in [5.41, 5.74) is 0. The normalized spacial score (nSPS) is 23.0. The van der Waals surface area contributed by atoms with Gasteiger partial charge in [-0.1, -0.05) is 13.8 Å². The number of carboxylic acids is 1. The Labute approximate surface area is 136 Å². The van der Waals surface area contributed by atoms with Gasteiger partial charge >= 0.3 is 5.97 Å². The lowest BCUT2D eigenvalue weighted by molar-refractivity contribution is -0.148. The number of aliphatic carboxylic acids is 1. The van der Waals surface area contributed by atoms with Crippen molar-refractivity contribution in [3.63, 3.8) is 0 Å². The van der Waals surface area contributed by atoms with Crippen molar-refractivity contribution in [2.75, 3.05) is 25.1 Å². The second-order valence-electron chi connectivity index (χ2n) is 5.87. The van der Waals surface area contributed by atoms with Gasteiger partial charge in [0.05, 0.1) is 5.92 Å². The molecular weight excluding hydrogens is 304 g/mol. The molecule has 126 valence electrons. The van der Waals surface area contributed by atoms with Crippen LogP contribution < -0.4 is 5.32 Å². The van der Waals surface area contributed by atoms with Gasteiger partial charge in [0, 0.05) is 19.5 Å². The third kappa shape index (κ3) is 5.51. The molecule has 0 aromatic carbocycles. The van der Waals surface area contributed by atoms with E-state index < -0.39 is 17.9 Å². The summed E-state index contributed by atoms with van der Waals surface area (Å²) >= 11 is 1.62. The van der Waals surface area contributed by atoms with Crippen molar-refractivity contribution in [1.29, 1.82) is 0 Å². The van der Waals surface area contributed by atoms with Crippen LogP contribution in [0.2, 0.25) is 0 Å². The molecule has 0 radical (unpaired) electrons. The number of carbonyl (C=O) groups is 3. The van der Waals surface area contributed by atoms with Crippen molar-refractivity contribution in [3.8, 4) is 0 Å². The molecule has 1 saturated heterocycles. The van der Waals surface area contributed by atoms with Crippen LogP contribution in [0.5, 0.6) is 0 Å². The summed E-state index contributed by atoms with van der Waals surface area (Å²) in [7, 11) is 0. The molecule has 2 N–H and O–H groups in total. The second kappa shape index (κ2) is 9.02. The molecule has 0 aromatic rings. The van der Waals surface area contributed by atoms with Crippen molar-refractivity contribution < 1.29 is 19.5 Å². The van der Waals surface area contributed by atoms with Gasteiger partial charge in [-0.15, -0.1) is 0 Å². The molecule has 1 fully saturated rings. The first-order chi connectivity index (χ1) is 10.4. The summed E-state index contributed by atoms with van der Waals surface area (Å²) in [6.45, 7) is 4.49. The largest absolute Gasteiger partial charge is 0.481 e. The Balaban J connectivity index is 2.77. The van der Waals surface area contributed by atoms with E-state index in [4.69, 9.17) is 0 Å². The monoisotopic (exact) mass is 330 g/mol. The average Bonchev–Trinajstić information content (AvgIpc) is 2.49. The Morgan fingerprint density at radius 1 is 1.36 bits per heavy atom. The van der Waals surface area contributed by atoms with Gasteiger partial charge in [-0.05, 0) is 30.8 Å². The standard InChI is InChI=1S/C15H26N2O4S/c1-4-13(18)16-12(5-6-22-3)14(19)17-8-10(2)7-11(9-17)15(20)21/h10-12H,4-9H2,1-3H3,(H,16,18)(H,20,21). The van der Waals surface area contributed by atoms with E-state index in [1.54, 1.807) is 23.6 Å². The molecular formula is C15H26N2O4S. The molecule has 1 heterocycles. The number of carboxylic acid groups (broad SMARTS) is 1. The molecule has 3 atom stereocenters. The molecule has 1 aliphatic heterocycles. The topological polar surface area (TPSA) is 86.7 Å². The van der Waals surface area contributed by atoms with Gasteiger partial charge in [0.1, 0.15) is 6.04 Å². The Morgan fingerprint density at radius 3 is 2.59 bits per heavy atom. The van der Waals surface area contributed by atoms with Gasteiger partial charge in [0.15, 0.2) is 0 Å². The average molecular weight is 330 g/mol. The van der Waals surface area contributed by atoms with Crippen LogP contribution in [0.3, 0.4) is 0 Å². The molecule has 0 aliphatic carbocycles. The molecule has 22 heavy (non-hydrogen) atoms.